The standard InChI is InChI=1S/C20H22N2O2/c23-19(14-16-8-3-1-4-9-16)21-18-12-7-13-22(20(18)24)15-17-10-5-2-6-11-17/h2,5-8,10-13H,1,3-4,9,14-15H2,(H,21,23). The number of benzene rings is 1. The Bertz CT molecular complexity index is 791. The van der Waals surface area contributed by atoms with E-state index >= 15 is 0 Å². The van der Waals surface area contributed by atoms with Gasteiger partial charge in [-0.05, 0) is 43.4 Å². The number of hydrogen-bond donors (Lipinski definition) is 1. The predicted molar refractivity (Wildman–Crippen MR) is 96.0 cm³/mol. The molecule has 0 unspecified atom stereocenters. The molecule has 0 atom stereocenters. The second-order valence-corrected chi connectivity index (χ2v) is 6.17. The third-order valence-corrected chi connectivity index (χ3v) is 4.26. The SMILES string of the molecule is O=C(CC1=CCCCC1)Nc1cccn(Cc2ccccc2)c1=O. The van der Waals surface area contributed by atoms with E-state index in [1.54, 1.807) is 22.9 Å². The summed E-state index contributed by atoms with van der Waals surface area (Å²) in [7, 11) is 0. The smallest absolute Gasteiger partial charge is 0.274 e. The maximum Gasteiger partial charge on any atom is 0.274 e. The lowest BCUT2D eigenvalue weighted by molar-refractivity contribution is -0.115. The Labute approximate surface area is 141 Å². The van der Waals surface area contributed by atoms with Crippen LogP contribution in [0.15, 0.2) is 65.1 Å². The molecule has 124 valence electrons. The lowest BCUT2D eigenvalue weighted by atomic mass is 9.97. The lowest BCUT2D eigenvalue weighted by Crippen LogP contribution is -2.26. The minimum absolute atomic E-state index is 0.113. The molecule has 0 radical (unpaired) electrons. The monoisotopic (exact) mass is 322 g/mol. The predicted octanol–water partition coefficient (Wildman–Crippen LogP) is 3.73. The van der Waals surface area contributed by atoms with E-state index in [1.807, 2.05) is 30.3 Å². The zero-order valence-electron chi connectivity index (χ0n) is 13.7. The van der Waals surface area contributed by atoms with Crippen molar-refractivity contribution in [3.8, 4) is 0 Å². The molecular formula is C20H22N2O2. The molecule has 4 heteroatoms. The molecule has 2 aromatic rings. The highest BCUT2D eigenvalue weighted by Gasteiger charge is 2.11. The van der Waals surface area contributed by atoms with Crippen molar-refractivity contribution in [1.29, 1.82) is 0 Å². The molecule has 4 nitrogen and oxygen atoms in total. The molecule has 0 bridgehead atoms. The molecule has 1 amide bonds. The topological polar surface area (TPSA) is 51.1 Å². The number of nitrogens with zero attached hydrogens (tertiary/aromatic N) is 1. The first-order valence-electron chi connectivity index (χ1n) is 8.43. The summed E-state index contributed by atoms with van der Waals surface area (Å²) in [6, 6.07) is 13.3. The summed E-state index contributed by atoms with van der Waals surface area (Å²) < 4.78 is 1.62. The van der Waals surface area contributed by atoms with Crippen molar-refractivity contribution in [2.45, 2.75) is 38.6 Å². The van der Waals surface area contributed by atoms with Crippen LogP contribution < -0.4 is 10.9 Å². The van der Waals surface area contributed by atoms with Crippen LogP contribution in [0.3, 0.4) is 0 Å². The average molecular weight is 322 g/mol. The van der Waals surface area contributed by atoms with Crippen molar-refractivity contribution in [2.75, 3.05) is 5.32 Å². The van der Waals surface area contributed by atoms with Gasteiger partial charge in [0.05, 0.1) is 6.54 Å². The van der Waals surface area contributed by atoms with Crippen molar-refractivity contribution in [2.24, 2.45) is 0 Å². The molecular weight excluding hydrogens is 300 g/mol. The summed E-state index contributed by atoms with van der Waals surface area (Å²) in [5.41, 5.74) is 2.40. The van der Waals surface area contributed by atoms with E-state index in [0.29, 0.717) is 18.7 Å². The van der Waals surface area contributed by atoms with Crippen molar-refractivity contribution < 1.29 is 4.79 Å². The molecule has 0 aliphatic heterocycles. The highest BCUT2D eigenvalue weighted by atomic mass is 16.2. The van der Waals surface area contributed by atoms with Gasteiger partial charge in [-0.2, -0.15) is 0 Å². The maximum atomic E-state index is 12.5. The normalized spacial score (nSPS) is 14.1. The Morgan fingerprint density at radius 1 is 1.08 bits per heavy atom. The first kappa shape index (κ1) is 16.2. The molecule has 1 aromatic carbocycles. The van der Waals surface area contributed by atoms with E-state index in [1.165, 1.54) is 12.0 Å². The number of anilines is 1. The van der Waals surface area contributed by atoms with Crippen molar-refractivity contribution in [1.82, 2.24) is 4.57 Å². The van der Waals surface area contributed by atoms with E-state index in [9.17, 15) is 9.59 Å². The molecule has 1 N–H and O–H groups in total. The van der Waals surface area contributed by atoms with E-state index in [0.717, 1.165) is 24.8 Å². The first-order valence-corrected chi connectivity index (χ1v) is 8.43. The van der Waals surface area contributed by atoms with Gasteiger partial charge in [-0.25, -0.2) is 0 Å². The Morgan fingerprint density at radius 3 is 2.67 bits per heavy atom. The zero-order valence-corrected chi connectivity index (χ0v) is 13.7. The third-order valence-electron chi connectivity index (χ3n) is 4.26. The first-order chi connectivity index (χ1) is 11.7. The quantitative estimate of drug-likeness (QED) is 0.853. The van der Waals surface area contributed by atoms with Crippen LogP contribution in [0.2, 0.25) is 0 Å². The minimum Gasteiger partial charge on any atom is -0.321 e. The van der Waals surface area contributed by atoms with Crippen LogP contribution in [-0.2, 0) is 11.3 Å². The second-order valence-electron chi connectivity index (χ2n) is 6.17. The number of amides is 1. The molecule has 0 saturated carbocycles. The molecule has 1 aliphatic rings. The van der Waals surface area contributed by atoms with Crippen LogP contribution in [0.5, 0.6) is 0 Å². The summed E-state index contributed by atoms with van der Waals surface area (Å²) in [5.74, 6) is -0.113. The summed E-state index contributed by atoms with van der Waals surface area (Å²) >= 11 is 0. The van der Waals surface area contributed by atoms with Gasteiger partial charge in [-0.3, -0.25) is 9.59 Å². The van der Waals surface area contributed by atoms with Gasteiger partial charge in [-0.15, -0.1) is 0 Å². The second kappa shape index (κ2) is 7.77. The number of hydrogen-bond acceptors (Lipinski definition) is 2. The molecule has 3 rings (SSSR count). The number of aromatic nitrogens is 1. The molecule has 0 saturated heterocycles. The van der Waals surface area contributed by atoms with E-state index < -0.39 is 0 Å². The van der Waals surface area contributed by atoms with Crippen molar-refractivity contribution >= 4 is 11.6 Å². The fourth-order valence-electron chi connectivity index (χ4n) is 3.00. The van der Waals surface area contributed by atoms with Crippen molar-refractivity contribution in [3.63, 3.8) is 0 Å². The summed E-state index contributed by atoms with van der Waals surface area (Å²) in [5, 5.41) is 2.77. The van der Waals surface area contributed by atoms with Gasteiger partial charge in [-0.1, -0.05) is 42.0 Å². The number of carbonyl (C=O) groups is 1. The largest absolute Gasteiger partial charge is 0.321 e. The van der Waals surface area contributed by atoms with Crippen LogP contribution >= 0.6 is 0 Å². The van der Waals surface area contributed by atoms with Gasteiger partial charge in [0.25, 0.3) is 5.56 Å². The molecule has 1 aliphatic carbocycles. The number of nitrogens with one attached hydrogen (secondary N) is 1. The van der Waals surface area contributed by atoms with Gasteiger partial charge < -0.3 is 9.88 Å². The zero-order chi connectivity index (χ0) is 16.8. The molecule has 24 heavy (non-hydrogen) atoms. The van der Waals surface area contributed by atoms with E-state index in [4.69, 9.17) is 0 Å². The summed E-state index contributed by atoms with van der Waals surface area (Å²) in [6.07, 6.45) is 8.67. The molecule has 1 aromatic heterocycles. The Hall–Kier alpha value is -2.62. The van der Waals surface area contributed by atoms with E-state index in [-0.39, 0.29) is 11.5 Å². The Kier molecular flexibility index (Phi) is 5.26. The highest BCUT2D eigenvalue weighted by Crippen LogP contribution is 2.20. The number of rotatable bonds is 5. The summed E-state index contributed by atoms with van der Waals surface area (Å²) in [6.45, 7) is 0.495. The van der Waals surface area contributed by atoms with Crippen LogP contribution in [0.4, 0.5) is 5.69 Å². The maximum absolute atomic E-state index is 12.5. The third kappa shape index (κ3) is 4.22. The molecule has 0 spiro atoms. The van der Waals surface area contributed by atoms with Gasteiger partial charge in [0.2, 0.25) is 5.91 Å². The minimum atomic E-state index is -0.174. The molecule has 1 heterocycles. The van der Waals surface area contributed by atoms with Gasteiger partial charge in [0, 0.05) is 12.6 Å². The van der Waals surface area contributed by atoms with Gasteiger partial charge in [0.15, 0.2) is 0 Å². The number of carbonyl (C=O) groups excluding carboxylic acids is 1. The fraction of sp³-hybridized carbons (Fsp3) is 0.300. The lowest BCUT2D eigenvalue weighted by Gasteiger charge is -2.13. The summed E-state index contributed by atoms with van der Waals surface area (Å²) in [4.78, 5) is 24.7. The van der Waals surface area contributed by atoms with Crippen LogP contribution in [0, 0.1) is 0 Å². The number of allylic oxidation sites excluding steroid dienone is 1. The Balaban J connectivity index is 1.70. The van der Waals surface area contributed by atoms with E-state index in [2.05, 4.69) is 11.4 Å². The van der Waals surface area contributed by atoms with Crippen molar-refractivity contribution in [3.05, 3.63) is 76.2 Å². The highest BCUT2D eigenvalue weighted by molar-refractivity contribution is 5.92. The fourth-order valence-corrected chi connectivity index (χ4v) is 3.00. The van der Waals surface area contributed by atoms with Gasteiger partial charge >= 0.3 is 0 Å². The van der Waals surface area contributed by atoms with Gasteiger partial charge in [0.1, 0.15) is 5.69 Å². The average Bonchev–Trinajstić information content (AvgIpc) is 2.60. The van der Waals surface area contributed by atoms with Crippen LogP contribution in [0.1, 0.15) is 37.7 Å². The molecule has 0 fully saturated rings. The Morgan fingerprint density at radius 2 is 1.92 bits per heavy atom. The van der Waals surface area contributed by atoms with Crippen LogP contribution in [0.25, 0.3) is 0 Å². The van der Waals surface area contributed by atoms with Crippen LogP contribution in [-0.4, -0.2) is 10.5 Å². The number of pyridine rings is 1.